The van der Waals surface area contributed by atoms with Crippen molar-refractivity contribution in [3.8, 4) is 6.01 Å². The Bertz CT molecular complexity index is 592. The van der Waals surface area contributed by atoms with E-state index in [-0.39, 0.29) is 11.9 Å². The van der Waals surface area contributed by atoms with Gasteiger partial charge in [0.25, 0.3) is 5.91 Å². The fourth-order valence-corrected chi connectivity index (χ4v) is 1.84. The third-order valence-corrected chi connectivity index (χ3v) is 3.17. The molecule has 0 radical (unpaired) electrons. The number of benzene rings is 1. The number of aromatic nitrogens is 2. The topological polar surface area (TPSA) is 64.1 Å². The SMILES string of the molecule is COc1ncc(C(=O)NCc2ccc(C(C)C)cc2)cn1. The van der Waals surface area contributed by atoms with Gasteiger partial charge in [0.1, 0.15) is 0 Å². The Morgan fingerprint density at radius 1 is 1.19 bits per heavy atom. The van der Waals surface area contributed by atoms with Crippen LogP contribution in [0.4, 0.5) is 0 Å². The highest BCUT2D eigenvalue weighted by Gasteiger charge is 2.07. The Balaban J connectivity index is 1.93. The van der Waals surface area contributed by atoms with Crippen molar-refractivity contribution in [1.82, 2.24) is 15.3 Å². The van der Waals surface area contributed by atoms with Crippen LogP contribution in [0.2, 0.25) is 0 Å². The van der Waals surface area contributed by atoms with Crippen molar-refractivity contribution in [3.63, 3.8) is 0 Å². The second-order valence-electron chi connectivity index (χ2n) is 5.04. The summed E-state index contributed by atoms with van der Waals surface area (Å²) in [7, 11) is 1.48. The van der Waals surface area contributed by atoms with E-state index in [1.165, 1.54) is 25.1 Å². The summed E-state index contributed by atoms with van der Waals surface area (Å²) < 4.78 is 4.85. The van der Waals surface area contributed by atoms with Crippen LogP contribution in [0, 0.1) is 0 Å². The quantitative estimate of drug-likeness (QED) is 0.917. The van der Waals surface area contributed by atoms with Crippen LogP contribution in [-0.4, -0.2) is 23.0 Å². The van der Waals surface area contributed by atoms with E-state index in [2.05, 4.69) is 41.3 Å². The molecule has 0 fully saturated rings. The molecule has 1 amide bonds. The first kappa shape index (κ1) is 15.0. The summed E-state index contributed by atoms with van der Waals surface area (Å²) in [5, 5.41) is 2.84. The Morgan fingerprint density at radius 3 is 2.33 bits per heavy atom. The molecule has 5 nitrogen and oxygen atoms in total. The third-order valence-electron chi connectivity index (χ3n) is 3.17. The third kappa shape index (κ3) is 4.02. The zero-order chi connectivity index (χ0) is 15.2. The molecule has 2 aromatic rings. The van der Waals surface area contributed by atoms with E-state index in [0.717, 1.165) is 5.56 Å². The molecule has 1 aromatic carbocycles. The summed E-state index contributed by atoms with van der Waals surface area (Å²) in [6, 6.07) is 8.47. The fraction of sp³-hybridized carbons (Fsp3) is 0.312. The van der Waals surface area contributed by atoms with Crippen LogP contribution in [0.5, 0.6) is 6.01 Å². The van der Waals surface area contributed by atoms with Crippen LogP contribution in [0.1, 0.15) is 41.3 Å². The molecule has 0 spiro atoms. The molecule has 0 aliphatic heterocycles. The minimum absolute atomic E-state index is 0.203. The number of nitrogens with zero attached hydrogens (tertiary/aromatic N) is 2. The molecule has 0 bridgehead atoms. The molecule has 0 saturated heterocycles. The molecule has 2 rings (SSSR count). The van der Waals surface area contributed by atoms with Gasteiger partial charge in [-0.05, 0) is 17.0 Å². The van der Waals surface area contributed by atoms with E-state index in [4.69, 9.17) is 4.74 Å². The first-order valence-corrected chi connectivity index (χ1v) is 6.83. The maximum atomic E-state index is 12.0. The van der Waals surface area contributed by atoms with E-state index in [9.17, 15) is 4.79 Å². The summed E-state index contributed by atoms with van der Waals surface area (Å²) in [6.45, 7) is 4.78. The predicted molar refractivity (Wildman–Crippen MR) is 80.3 cm³/mol. The van der Waals surface area contributed by atoms with Crippen molar-refractivity contribution in [3.05, 3.63) is 53.3 Å². The second kappa shape index (κ2) is 6.83. The number of ether oxygens (including phenoxy) is 1. The van der Waals surface area contributed by atoms with Crippen molar-refractivity contribution in [2.24, 2.45) is 0 Å². The molecule has 110 valence electrons. The van der Waals surface area contributed by atoms with Gasteiger partial charge in [0.05, 0.1) is 12.7 Å². The van der Waals surface area contributed by atoms with E-state index in [1.807, 2.05) is 12.1 Å². The van der Waals surface area contributed by atoms with Gasteiger partial charge in [-0.25, -0.2) is 9.97 Å². The minimum atomic E-state index is -0.203. The van der Waals surface area contributed by atoms with E-state index < -0.39 is 0 Å². The van der Waals surface area contributed by atoms with Crippen LogP contribution in [0.25, 0.3) is 0 Å². The van der Waals surface area contributed by atoms with Crippen molar-refractivity contribution in [2.45, 2.75) is 26.3 Å². The molecule has 0 atom stereocenters. The average molecular weight is 285 g/mol. The fourth-order valence-electron chi connectivity index (χ4n) is 1.84. The van der Waals surface area contributed by atoms with E-state index in [0.29, 0.717) is 18.0 Å². The van der Waals surface area contributed by atoms with Gasteiger partial charge in [0.2, 0.25) is 0 Å². The molecular formula is C16H19N3O2. The van der Waals surface area contributed by atoms with Crippen LogP contribution < -0.4 is 10.1 Å². The highest BCUT2D eigenvalue weighted by molar-refractivity contribution is 5.93. The van der Waals surface area contributed by atoms with Crippen molar-refractivity contribution < 1.29 is 9.53 Å². The first-order chi connectivity index (χ1) is 10.1. The lowest BCUT2D eigenvalue weighted by atomic mass is 10.0. The number of methoxy groups -OCH3 is 1. The predicted octanol–water partition coefficient (Wildman–Crippen LogP) is 2.54. The molecule has 21 heavy (non-hydrogen) atoms. The number of hydrogen-bond donors (Lipinski definition) is 1. The number of amides is 1. The van der Waals surface area contributed by atoms with Crippen LogP contribution in [0.15, 0.2) is 36.7 Å². The lowest BCUT2D eigenvalue weighted by molar-refractivity contribution is 0.0950. The monoisotopic (exact) mass is 285 g/mol. The molecule has 1 aromatic heterocycles. The van der Waals surface area contributed by atoms with Crippen LogP contribution in [0.3, 0.4) is 0 Å². The van der Waals surface area contributed by atoms with Crippen molar-refractivity contribution in [2.75, 3.05) is 7.11 Å². The lowest BCUT2D eigenvalue weighted by Gasteiger charge is -2.08. The van der Waals surface area contributed by atoms with E-state index >= 15 is 0 Å². The van der Waals surface area contributed by atoms with Crippen LogP contribution in [-0.2, 0) is 6.54 Å². The molecule has 1 heterocycles. The Kier molecular flexibility index (Phi) is 4.87. The lowest BCUT2D eigenvalue weighted by Crippen LogP contribution is -2.23. The molecular weight excluding hydrogens is 266 g/mol. The molecule has 0 aliphatic carbocycles. The zero-order valence-corrected chi connectivity index (χ0v) is 12.5. The molecule has 1 N–H and O–H groups in total. The standard InChI is InChI=1S/C16H19N3O2/c1-11(2)13-6-4-12(5-7-13)8-17-15(20)14-9-18-16(21-3)19-10-14/h4-7,9-11H,8H2,1-3H3,(H,17,20). The first-order valence-electron chi connectivity index (χ1n) is 6.83. The normalized spacial score (nSPS) is 10.5. The molecule has 5 heteroatoms. The molecule has 0 unspecified atom stereocenters. The second-order valence-corrected chi connectivity index (χ2v) is 5.04. The van der Waals surface area contributed by atoms with Gasteiger partial charge in [0.15, 0.2) is 0 Å². The number of nitrogens with one attached hydrogen (secondary N) is 1. The number of carbonyl (C=O) groups excluding carboxylic acids is 1. The minimum Gasteiger partial charge on any atom is -0.467 e. The molecule has 0 aliphatic rings. The summed E-state index contributed by atoms with van der Waals surface area (Å²) in [6.07, 6.45) is 2.89. The summed E-state index contributed by atoms with van der Waals surface area (Å²) in [5.74, 6) is 0.302. The Labute approximate surface area is 124 Å². The van der Waals surface area contributed by atoms with E-state index in [1.54, 1.807) is 0 Å². The highest BCUT2D eigenvalue weighted by atomic mass is 16.5. The van der Waals surface area contributed by atoms with Gasteiger partial charge >= 0.3 is 6.01 Å². The zero-order valence-electron chi connectivity index (χ0n) is 12.5. The maximum absolute atomic E-state index is 12.0. The number of rotatable bonds is 5. The van der Waals surface area contributed by atoms with Gasteiger partial charge in [-0.2, -0.15) is 0 Å². The largest absolute Gasteiger partial charge is 0.467 e. The number of carbonyl (C=O) groups is 1. The van der Waals surface area contributed by atoms with Crippen molar-refractivity contribution >= 4 is 5.91 Å². The highest BCUT2D eigenvalue weighted by Crippen LogP contribution is 2.14. The van der Waals surface area contributed by atoms with Gasteiger partial charge in [-0.15, -0.1) is 0 Å². The average Bonchev–Trinajstić information content (AvgIpc) is 2.53. The van der Waals surface area contributed by atoms with Crippen molar-refractivity contribution in [1.29, 1.82) is 0 Å². The summed E-state index contributed by atoms with van der Waals surface area (Å²) in [5.41, 5.74) is 2.76. The Hall–Kier alpha value is -2.43. The number of hydrogen-bond acceptors (Lipinski definition) is 4. The Morgan fingerprint density at radius 2 is 1.81 bits per heavy atom. The maximum Gasteiger partial charge on any atom is 0.316 e. The molecule has 0 saturated carbocycles. The summed E-state index contributed by atoms with van der Waals surface area (Å²) in [4.78, 5) is 19.8. The summed E-state index contributed by atoms with van der Waals surface area (Å²) >= 11 is 0. The van der Waals surface area contributed by atoms with Gasteiger partial charge < -0.3 is 10.1 Å². The van der Waals surface area contributed by atoms with Gasteiger partial charge in [-0.3, -0.25) is 4.79 Å². The smallest absolute Gasteiger partial charge is 0.316 e. The van der Waals surface area contributed by atoms with Gasteiger partial charge in [0, 0.05) is 18.9 Å². The van der Waals surface area contributed by atoms with Gasteiger partial charge in [-0.1, -0.05) is 38.1 Å². The van der Waals surface area contributed by atoms with Crippen LogP contribution >= 0.6 is 0 Å².